The molecule has 3 nitrogen and oxygen atoms in total. The summed E-state index contributed by atoms with van der Waals surface area (Å²) in [7, 11) is 0. The lowest BCUT2D eigenvalue weighted by Crippen LogP contribution is -2.32. The first-order valence-corrected chi connectivity index (χ1v) is 10.1. The zero-order chi connectivity index (χ0) is 23.2. The molecule has 0 fully saturated rings. The molecule has 0 aromatic heterocycles. The number of ether oxygens (including phenoxy) is 1. The van der Waals surface area contributed by atoms with Crippen LogP contribution < -0.4 is 15.4 Å². The third-order valence-electron chi connectivity index (χ3n) is 4.38. The largest absolute Gasteiger partial charge is 0.487 e. The van der Waals surface area contributed by atoms with Gasteiger partial charge in [0.1, 0.15) is 18.2 Å². The average molecular weight is 449 g/mol. The second-order valence-electron chi connectivity index (χ2n) is 8.01. The number of thiocarbonyl (C=S) groups is 1. The molecule has 2 aromatic carbocycles. The molecule has 0 aliphatic rings. The Bertz CT molecular complexity index is 968. The van der Waals surface area contributed by atoms with Crippen molar-refractivity contribution in [3.63, 3.8) is 0 Å². The summed E-state index contributed by atoms with van der Waals surface area (Å²) in [6.07, 6.45) is -1.07. The van der Waals surface area contributed by atoms with Crippen LogP contribution in [0.3, 0.4) is 0 Å². The molecule has 31 heavy (non-hydrogen) atoms. The SMILES string of the molecule is C=Cc1cc(NC(=C)c2cc(CNC(=S)C(C)(C)C)ccc2F)ccc1OCC(F)F. The predicted molar refractivity (Wildman–Crippen MR) is 126 cm³/mol. The Kier molecular flexibility index (Phi) is 8.28. The highest BCUT2D eigenvalue weighted by atomic mass is 32.1. The molecule has 2 N–H and O–H groups in total. The van der Waals surface area contributed by atoms with Crippen molar-refractivity contribution in [1.82, 2.24) is 5.32 Å². The van der Waals surface area contributed by atoms with E-state index < -0.39 is 18.8 Å². The minimum Gasteiger partial charge on any atom is -0.487 e. The van der Waals surface area contributed by atoms with Crippen molar-refractivity contribution >= 4 is 34.7 Å². The molecule has 0 saturated heterocycles. The predicted octanol–water partition coefficient (Wildman–Crippen LogP) is 6.66. The molecule has 0 amide bonds. The molecule has 0 aliphatic heterocycles. The highest BCUT2D eigenvalue weighted by Crippen LogP contribution is 2.27. The average Bonchev–Trinajstić information content (AvgIpc) is 2.70. The van der Waals surface area contributed by atoms with Crippen LogP contribution in [0.15, 0.2) is 49.6 Å². The number of hydrogen-bond acceptors (Lipinski definition) is 3. The molecule has 2 aromatic rings. The van der Waals surface area contributed by atoms with Crippen molar-refractivity contribution in [1.29, 1.82) is 0 Å². The van der Waals surface area contributed by atoms with Crippen LogP contribution in [-0.2, 0) is 6.54 Å². The molecular weight excluding hydrogens is 421 g/mol. The van der Waals surface area contributed by atoms with Crippen LogP contribution in [0.5, 0.6) is 5.75 Å². The van der Waals surface area contributed by atoms with E-state index in [1.165, 1.54) is 12.1 Å². The van der Waals surface area contributed by atoms with Crippen molar-refractivity contribution < 1.29 is 17.9 Å². The van der Waals surface area contributed by atoms with E-state index in [1.807, 2.05) is 20.8 Å². The van der Waals surface area contributed by atoms with Crippen LogP contribution >= 0.6 is 12.2 Å². The van der Waals surface area contributed by atoms with E-state index in [0.29, 0.717) is 34.8 Å². The lowest BCUT2D eigenvalue weighted by molar-refractivity contribution is 0.0818. The first kappa shape index (κ1) is 24.5. The lowest BCUT2D eigenvalue weighted by Gasteiger charge is -2.21. The van der Waals surface area contributed by atoms with Crippen molar-refractivity contribution in [2.24, 2.45) is 5.41 Å². The topological polar surface area (TPSA) is 33.3 Å². The molecule has 7 heteroatoms. The smallest absolute Gasteiger partial charge is 0.272 e. The molecule has 0 heterocycles. The Morgan fingerprint density at radius 2 is 1.90 bits per heavy atom. The number of anilines is 1. The van der Waals surface area contributed by atoms with Crippen LogP contribution in [-0.4, -0.2) is 18.0 Å². The van der Waals surface area contributed by atoms with Gasteiger partial charge in [0.15, 0.2) is 0 Å². The second-order valence-corrected chi connectivity index (χ2v) is 8.42. The minimum absolute atomic E-state index is 0.155. The summed E-state index contributed by atoms with van der Waals surface area (Å²) in [4.78, 5) is 0.724. The van der Waals surface area contributed by atoms with Gasteiger partial charge in [-0.2, -0.15) is 0 Å². The molecule has 0 bridgehead atoms. The van der Waals surface area contributed by atoms with Crippen LogP contribution in [0.1, 0.15) is 37.5 Å². The normalized spacial score (nSPS) is 11.2. The maximum Gasteiger partial charge on any atom is 0.272 e. The van der Waals surface area contributed by atoms with E-state index in [4.69, 9.17) is 17.0 Å². The molecule has 0 spiro atoms. The quantitative estimate of drug-likeness (QED) is 0.420. The first-order valence-electron chi connectivity index (χ1n) is 9.71. The van der Waals surface area contributed by atoms with Gasteiger partial charge in [-0.05, 0) is 35.9 Å². The first-order chi connectivity index (χ1) is 14.5. The minimum atomic E-state index is -2.57. The summed E-state index contributed by atoms with van der Waals surface area (Å²) in [5.74, 6) is -0.124. The molecule has 0 aliphatic carbocycles. The fourth-order valence-corrected chi connectivity index (χ4v) is 2.74. The number of hydrogen-bond donors (Lipinski definition) is 2. The Labute approximate surface area is 187 Å². The summed E-state index contributed by atoms with van der Waals surface area (Å²) in [5.41, 5.74) is 2.51. The molecule has 0 saturated carbocycles. The number of alkyl halides is 2. The van der Waals surface area contributed by atoms with Gasteiger partial charge in [0, 0.05) is 34.5 Å². The van der Waals surface area contributed by atoms with Crippen LogP contribution in [0, 0.1) is 11.2 Å². The number of benzene rings is 2. The zero-order valence-electron chi connectivity index (χ0n) is 17.9. The number of halogens is 3. The van der Waals surface area contributed by atoms with Crippen molar-refractivity contribution in [3.05, 3.63) is 72.1 Å². The fraction of sp³-hybridized carbons (Fsp3) is 0.292. The van der Waals surface area contributed by atoms with Crippen molar-refractivity contribution in [2.75, 3.05) is 11.9 Å². The maximum atomic E-state index is 14.4. The number of nitrogens with one attached hydrogen (secondary N) is 2. The van der Waals surface area contributed by atoms with E-state index in [9.17, 15) is 13.2 Å². The molecule has 2 rings (SSSR count). The molecule has 0 atom stereocenters. The Morgan fingerprint density at radius 1 is 1.19 bits per heavy atom. The maximum absolute atomic E-state index is 14.4. The zero-order valence-corrected chi connectivity index (χ0v) is 18.7. The van der Waals surface area contributed by atoms with Gasteiger partial charge in [0.2, 0.25) is 0 Å². The second kappa shape index (κ2) is 10.5. The molecule has 0 unspecified atom stereocenters. The Balaban J connectivity index is 2.14. The highest BCUT2D eigenvalue weighted by molar-refractivity contribution is 7.80. The van der Waals surface area contributed by atoms with Gasteiger partial charge >= 0.3 is 0 Å². The highest BCUT2D eigenvalue weighted by Gasteiger charge is 2.17. The standard InChI is InChI=1S/C24H27F3N2OS/c1-6-17-12-18(8-10-21(17)30-14-22(26)27)29-15(2)19-11-16(7-9-20(19)25)13-28-23(31)24(3,4)5/h6-12,22,29H,1-2,13-14H2,3-5H3,(H,28,31). The molecular formula is C24H27F3N2OS. The lowest BCUT2D eigenvalue weighted by atomic mass is 9.96. The summed E-state index contributed by atoms with van der Waals surface area (Å²) < 4.78 is 44.3. The van der Waals surface area contributed by atoms with Crippen molar-refractivity contribution in [2.45, 2.75) is 33.7 Å². The van der Waals surface area contributed by atoms with Gasteiger partial charge in [-0.15, -0.1) is 0 Å². The van der Waals surface area contributed by atoms with Gasteiger partial charge in [-0.25, -0.2) is 13.2 Å². The molecule has 166 valence electrons. The van der Waals surface area contributed by atoms with Gasteiger partial charge in [0.25, 0.3) is 6.43 Å². The monoisotopic (exact) mass is 448 g/mol. The number of rotatable bonds is 9. The van der Waals surface area contributed by atoms with Crippen LogP contribution in [0.25, 0.3) is 11.8 Å². The van der Waals surface area contributed by atoms with E-state index in [2.05, 4.69) is 23.8 Å². The summed E-state index contributed by atoms with van der Waals surface area (Å²) in [6, 6.07) is 9.65. The third-order valence-corrected chi connectivity index (χ3v) is 5.14. The van der Waals surface area contributed by atoms with Crippen LogP contribution in [0.4, 0.5) is 18.9 Å². The van der Waals surface area contributed by atoms with Gasteiger partial charge in [0.05, 0.1) is 4.99 Å². The summed E-state index contributed by atoms with van der Waals surface area (Å²) >= 11 is 5.38. The Morgan fingerprint density at radius 3 is 2.52 bits per heavy atom. The van der Waals surface area contributed by atoms with E-state index in [1.54, 1.807) is 30.3 Å². The van der Waals surface area contributed by atoms with Gasteiger partial charge in [-0.1, -0.05) is 58.3 Å². The molecule has 0 radical (unpaired) electrons. The Hall–Kier alpha value is -2.80. The van der Waals surface area contributed by atoms with E-state index in [-0.39, 0.29) is 5.41 Å². The van der Waals surface area contributed by atoms with E-state index in [0.717, 1.165) is 10.6 Å². The van der Waals surface area contributed by atoms with Gasteiger partial charge < -0.3 is 15.4 Å². The van der Waals surface area contributed by atoms with E-state index >= 15 is 0 Å². The third kappa shape index (κ3) is 7.14. The van der Waals surface area contributed by atoms with Gasteiger partial charge in [-0.3, -0.25) is 0 Å². The van der Waals surface area contributed by atoms with Crippen LogP contribution in [0.2, 0.25) is 0 Å². The summed E-state index contributed by atoms with van der Waals surface area (Å²) in [5, 5.41) is 6.25. The summed E-state index contributed by atoms with van der Waals surface area (Å²) in [6.45, 7) is 13.4. The van der Waals surface area contributed by atoms with Crippen molar-refractivity contribution in [3.8, 4) is 5.75 Å². The fourth-order valence-electron chi connectivity index (χ4n) is 2.67.